The molecule has 2 aromatic rings. The van der Waals surface area contributed by atoms with Crippen LogP contribution in [0.2, 0.25) is 0 Å². The number of benzene rings is 1. The molecule has 1 aromatic heterocycles. The van der Waals surface area contributed by atoms with Gasteiger partial charge >= 0.3 is 12.2 Å². The van der Waals surface area contributed by atoms with Crippen molar-refractivity contribution in [3.05, 3.63) is 52.1 Å². The van der Waals surface area contributed by atoms with Crippen LogP contribution in [0.3, 0.4) is 0 Å². The van der Waals surface area contributed by atoms with Crippen molar-refractivity contribution >= 4 is 41.3 Å². The monoisotopic (exact) mass is 613 g/mol. The maximum absolute atomic E-state index is 14.3. The summed E-state index contributed by atoms with van der Waals surface area (Å²) in [5.74, 6) is -1.47. The first-order valence-electron chi connectivity index (χ1n) is 15.0. The SMILES string of the molecule is CCN(CC)CCNC(=O)c1c(C)[nH]c(/C=C2\C(=O)N(C(=O)OCCCCNC(=O)OC(C)(C)C)c3ccc(F)cc32)c1C. The Bertz CT molecular complexity index is 1410. The zero-order valence-electron chi connectivity index (χ0n) is 26.7. The molecule has 240 valence electrons. The van der Waals surface area contributed by atoms with E-state index in [0.29, 0.717) is 48.4 Å². The maximum atomic E-state index is 14.3. The first-order chi connectivity index (χ1) is 20.8. The van der Waals surface area contributed by atoms with Crippen molar-refractivity contribution in [2.45, 2.75) is 66.9 Å². The van der Waals surface area contributed by atoms with E-state index < -0.39 is 29.5 Å². The molecule has 0 radical (unpaired) electrons. The number of hydrogen-bond donors (Lipinski definition) is 3. The average molecular weight is 614 g/mol. The second kappa shape index (κ2) is 15.0. The van der Waals surface area contributed by atoms with Crippen LogP contribution in [0.25, 0.3) is 11.6 Å². The Balaban J connectivity index is 1.70. The summed E-state index contributed by atoms with van der Waals surface area (Å²) in [7, 11) is 0. The fourth-order valence-electron chi connectivity index (χ4n) is 4.90. The van der Waals surface area contributed by atoms with E-state index in [4.69, 9.17) is 9.47 Å². The number of ether oxygens (including phenoxy) is 2. The number of anilines is 1. The van der Waals surface area contributed by atoms with E-state index in [1.54, 1.807) is 34.6 Å². The highest BCUT2D eigenvalue weighted by molar-refractivity contribution is 6.41. The summed E-state index contributed by atoms with van der Waals surface area (Å²) in [5.41, 5.74) is 2.16. The number of amides is 4. The van der Waals surface area contributed by atoms with Gasteiger partial charge in [-0.05, 0) is 90.4 Å². The van der Waals surface area contributed by atoms with Crippen LogP contribution in [0, 0.1) is 19.7 Å². The molecule has 1 aliphatic heterocycles. The van der Waals surface area contributed by atoms with E-state index in [-0.39, 0.29) is 29.3 Å². The van der Waals surface area contributed by atoms with E-state index in [1.807, 2.05) is 0 Å². The summed E-state index contributed by atoms with van der Waals surface area (Å²) >= 11 is 0. The van der Waals surface area contributed by atoms with Gasteiger partial charge in [-0.15, -0.1) is 0 Å². The first kappa shape index (κ1) is 34.3. The van der Waals surface area contributed by atoms with E-state index in [0.717, 1.165) is 24.5 Å². The van der Waals surface area contributed by atoms with Crippen LogP contribution in [-0.2, 0) is 14.3 Å². The minimum atomic E-state index is -0.890. The standard InChI is InChI=1S/C32H44FN5O6/c1-8-37(9-2)16-15-34-28(39)27-20(3)25(36-21(27)4)19-24-23-18-22(33)12-13-26(23)38(29(24)40)31(42)43-17-11-10-14-35-30(41)44-32(5,6)7/h12-13,18-19,36H,8-11,14-17H2,1-7H3,(H,34,39)(H,35,41)/b24-19-. The van der Waals surface area contributed by atoms with Gasteiger partial charge in [-0.25, -0.2) is 18.9 Å². The van der Waals surface area contributed by atoms with E-state index in [2.05, 4.69) is 34.4 Å². The minimum Gasteiger partial charge on any atom is -0.449 e. The van der Waals surface area contributed by atoms with Crippen LogP contribution >= 0.6 is 0 Å². The van der Waals surface area contributed by atoms with Gasteiger partial charge in [0.05, 0.1) is 23.4 Å². The average Bonchev–Trinajstić information content (AvgIpc) is 3.38. The van der Waals surface area contributed by atoms with Crippen molar-refractivity contribution in [2.75, 3.05) is 44.2 Å². The molecule has 0 fully saturated rings. The number of imide groups is 1. The zero-order valence-corrected chi connectivity index (χ0v) is 26.7. The van der Waals surface area contributed by atoms with Crippen LogP contribution in [-0.4, -0.2) is 78.8 Å². The topological polar surface area (TPSA) is 133 Å². The quantitative estimate of drug-likeness (QED) is 0.222. The van der Waals surface area contributed by atoms with Crippen LogP contribution in [0.5, 0.6) is 0 Å². The number of alkyl carbamates (subject to hydrolysis) is 1. The lowest BCUT2D eigenvalue weighted by Crippen LogP contribution is -2.35. The van der Waals surface area contributed by atoms with E-state index in [1.165, 1.54) is 24.3 Å². The second-order valence-electron chi connectivity index (χ2n) is 11.6. The Morgan fingerprint density at radius 1 is 1.07 bits per heavy atom. The van der Waals surface area contributed by atoms with Gasteiger partial charge in [0.2, 0.25) is 0 Å². The summed E-state index contributed by atoms with van der Waals surface area (Å²) in [6.45, 7) is 16.3. The molecule has 1 aromatic carbocycles. The normalized spacial score (nSPS) is 13.8. The molecule has 0 aliphatic carbocycles. The van der Waals surface area contributed by atoms with Crippen LogP contribution in [0.4, 0.5) is 19.7 Å². The number of aromatic nitrogens is 1. The molecule has 0 saturated carbocycles. The maximum Gasteiger partial charge on any atom is 0.421 e. The second-order valence-corrected chi connectivity index (χ2v) is 11.6. The molecule has 3 rings (SSSR count). The van der Waals surface area contributed by atoms with Crippen molar-refractivity contribution in [3.8, 4) is 0 Å². The third-order valence-corrected chi connectivity index (χ3v) is 7.17. The molecule has 1 aliphatic rings. The van der Waals surface area contributed by atoms with Gasteiger partial charge in [-0.3, -0.25) is 9.59 Å². The number of unbranched alkanes of at least 4 members (excludes halogenated alkanes) is 1. The molecule has 12 heteroatoms. The van der Waals surface area contributed by atoms with Gasteiger partial charge in [-0.2, -0.15) is 0 Å². The van der Waals surface area contributed by atoms with Crippen molar-refractivity contribution in [3.63, 3.8) is 0 Å². The number of rotatable bonds is 12. The van der Waals surface area contributed by atoms with E-state index in [9.17, 15) is 23.6 Å². The molecule has 0 atom stereocenters. The molecule has 2 heterocycles. The number of nitrogens with zero attached hydrogens (tertiary/aromatic N) is 2. The minimum absolute atomic E-state index is 0.00978. The number of carbonyl (C=O) groups is 4. The number of halogens is 1. The van der Waals surface area contributed by atoms with Crippen molar-refractivity contribution in [1.82, 2.24) is 20.5 Å². The lowest BCUT2D eigenvalue weighted by molar-refractivity contribution is -0.112. The smallest absolute Gasteiger partial charge is 0.421 e. The first-order valence-corrected chi connectivity index (χ1v) is 15.0. The van der Waals surface area contributed by atoms with Crippen molar-refractivity contribution in [2.24, 2.45) is 0 Å². The van der Waals surface area contributed by atoms with Crippen LogP contribution in [0.1, 0.15) is 80.3 Å². The third kappa shape index (κ3) is 8.68. The van der Waals surface area contributed by atoms with Gasteiger partial charge in [-0.1, -0.05) is 13.8 Å². The fourth-order valence-corrected chi connectivity index (χ4v) is 4.90. The number of fused-ring (bicyclic) bond motifs is 1. The number of carbonyl (C=O) groups excluding carboxylic acids is 4. The van der Waals surface area contributed by atoms with Gasteiger partial charge in [0.15, 0.2) is 0 Å². The van der Waals surface area contributed by atoms with Gasteiger partial charge in [0, 0.05) is 36.6 Å². The Morgan fingerprint density at radius 2 is 1.77 bits per heavy atom. The van der Waals surface area contributed by atoms with Crippen LogP contribution < -0.4 is 15.5 Å². The fraction of sp³-hybridized carbons (Fsp3) is 0.500. The molecule has 0 unspecified atom stereocenters. The Hall–Kier alpha value is -4.19. The summed E-state index contributed by atoms with van der Waals surface area (Å²) in [4.78, 5) is 57.5. The molecule has 0 spiro atoms. The highest BCUT2D eigenvalue weighted by Crippen LogP contribution is 2.39. The van der Waals surface area contributed by atoms with E-state index >= 15 is 0 Å². The molecule has 0 bridgehead atoms. The number of nitrogens with one attached hydrogen (secondary N) is 3. The summed E-state index contributed by atoms with van der Waals surface area (Å²) in [6.07, 6.45) is 1.06. The molecule has 3 N–H and O–H groups in total. The highest BCUT2D eigenvalue weighted by Gasteiger charge is 2.38. The number of aromatic amines is 1. The Labute approximate surface area is 258 Å². The Kier molecular flexibility index (Phi) is 11.7. The lowest BCUT2D eigenvalue weighted by Gasteiger charge is -2.19. The molecule has 0 saturated heterocycles. The molecular weight excluding hydrogens is 569 g/mol. The summed E-state index contributed by atoms with van der Waals surface area (Å²) < 4.78 is 24.8. The van der Waals surface area contributed by atoms with Gasteiger partial charge < -0.3 is 30.0 Å². The summed E-state index contributed by atoms with van der Waals surface area (Å²) in [6, 6.07) is 3.72. The highest BCUT2D eigenvalue weighted by atomic mass is 19.1. The van der Waals surface area contributed by atoms with Gasteiger partial charge in [0.25, 0.3) is 11.8 Å². The number of aryl methyl sites for hydroxylation is 1. The van der Waals surface area contributed by atoms with Crippen molar-refractivity contribution < 1.29 is 33.0 Å². The number of likely N-dealkylation sites (N-methyl/N-ethyl adjacent to an activating group) is 1. The molecule has 4 amide bonds. The molecule has 44 heavy (non-hydrogen) atoms. The summed E-state index contributed by atoms with van der Waals surface area (Å²) in [5, 5.41) is 5.59. The largest absolute Gasteiger partial charge is 0.449 e. The predicted molar refractivity (Wildman–Crippen MR) is 167 cm³/mol. The molecule has 11 nitrogen and oxygen atoms in total. The van der Waals surface area contributed by atoms with Crippen molar-refractivity contribution in [1.29, 1.82) is 0 Å². The predicted octanol–water partition coefficient (Wildman–Crippen LogP) is 5.17. The number of hydrogen-bond acceptors (Lipinski definition) is 7. The zero-order chi connectivity index (χ0) is 32.6. The number of H-pyrrole nitrogens is 1. The lowest BCUT2D eigenvalue weighted by atomic mass is 10.0. The Morgan fingerprint density at radius 3 is 2.43 bits per heavy atom. The molecular formula is C32H44FN5O6. The third-order valence-electron chi connectivity index (χ3n) is 7.17. The van der Waals surface area contributed by atoms with Crippen LogP contribution in [0.15, 0.2) is 18.2 Å². The van der Waals surface area contributed by atoms with Gasteiger partial charge in [0.1, 0.15) is 11.4 Å².